The van der Waals surface area contributed by atoms with Crippen molar-refractivity contribution in [2.24, 2.45) is 0 Å². The van der Waals surface area contributed by atoms with Gasteiger partial charge in [0, 0.05) is 6.61 Å². The molecule has 1 aromatic rings. The molecule has 1 unspecified atom stereocenters. The van der Waals surface area contributed by atoms with Gasteiger partial charge in [-0.3, -0.25) is 5.32 Å². The number of hydrogen-bond acceptors (Lipinski definition) is 3. The van der Waals surface area contributed by atoms with Gasteiger partial charge in [-0.1, -0.05) is 12.1 Å². The summed E-state index contributed by atoms with van der Waals surface area (Å²) in [7, 11) is 0. The molecule has 0 fully saturated rings. The van der Waals surface area contributed by atoms with E-state index in [4.69, 9.17) is 5.11 Å². The van der Waals surface area contributed by atoms with Crippen LogP contribution in [0.25, 0.3) is 0 Å². The topological polar surface area (TPSA) is 69.6 Å². The number of nitrogens with one attached hydrogen (secondary N) is 1. The molecule has 0 aromatic heterocycles. The van der Waals surface area contributed by atoms with Gasteiger partial charge >= 0.3 is 5.97 Å². The highest BCUT2D eigenvalue weighted by Gasteiger charge is 2.34. The second-order valence-corrected chi connectivity index (χ2v) is 3.94. The Kier molecular flexibility index (Phi) is 4.60. The van der Waals surface area contributed by atoms with Crippen LogP contribution < -0.4 is 5.32 Å². The largest absolute Gasteiger partial charge is 0.480 e. The van der Waals surface area contributed by atoms with Crippen molar-refractivity contribution in [3.63, 3.8) is 0 Å². The van der Waals surface area contributed by atoms with Crippen LogP contribution >= 0.6 is 0 Å². The van der Waals surface area contributed by atoms with E-state index in [1.165, 1.54) is 31.2 Å². The third-order valence-corrected chi connectivity index (χ3v) is 2.66. The normalized spacial score (nSPS) is 14.3. The molecule has 0 aliphatic heterocycles. The lowest BCUT2D eigenvalue weighted by Gasteiger charge is -2.26. The van der Waals surface area contributed by atoms with E-state index in [2.05, 4.69) is 5.32 Å². The lowest BCUT2D eigenvalue weighted by Crippen LogP contribution is -2.47. The Labute approximate surface area is 99.1 Å². The molecule has 0 saturated carbocycles. The number of rotatable bonds is 6. The SMILES string of the molecule is CC(NCCCO)(C(=O)O)c1ccc(F)cc1. The minimum atomic E-state index is -1.27. The second kappa shape index (κ2) is 5.75. The van der Waals surface area contributed by atoms with Crippen molar-refractivity contribution in [1.29, 1.82) is 0 Å². The van der Waals surface area contributed by atoms with E-state index in [0.29, 0.717) is 18.5 Å². The van der Waals surface area contributed by atoms with Gasteiger partial charge < -0.3 is 10.2 Å². The molecule has 17 heavy (non-hydrogen) atoms. The Bertz CT molecular complexity index is 380. The van der Waals surface area contributed by atoms with Gasteiger partial charge in [-0.25, -0.2) is 9.18 Å². The molecule has 0 aliphatic carbocycles. The van der Waals surface area contributed by atoms with Gasteiger partial charge in [0.05, 0.1) is 0 Å². The first-order valence-corrected chi connectivity index (χ1v) is 5.36. The van der Waals surface area contributed by atoms with E-state index < -0.39 is 17.3 Å². The number of carbonyl (C=O) groups is 1. The number of aliphatic carboxylic acids is 1. The summed E-state index contributed by atoms with van der Waals surface area (Å²) in [5.41, 5.74) is -0.799. The Morgan fingerprint density at radius 1 is 1.41 bits per heavy atom. The first kappa shape index (κ1) is 13.6. The maximum Gasteiger partial charge on any atom is 0.328 e. The van der Waals surface area contributed by atoms with Gasteiger partial charge in [0.15, 0.2) is 0 Å². The summed E-state index contributed by atoms with van der Waals surface area (Å²) in [6.07, 6.45) is 0.462. The molecular formula is C12H16FNO3. The zero-order valence-electron chi connectivity index (χ0n) is 9.61. The number of aliphatic hydroxyl groups excluding tert-OH is 1. The number of aliphatic hydroxyl groups is 1. The van der Waals surface area contributed by atoms with Crippen LogP contribution in [0.15, 0.2) is 24.3 Å². The summed E-state index contributed by atoms with van der Waals surface area (Å²) in [4.78, 5) is 11.3. The van der Waals surface area contributed by atoms with Crippen molar-refractivity contribution in [2.45, 2.75) is 18.9 Å². The van der Waals surface area contributed by atoms with Crippen LogP contribution in [-0.2, 0) is 10.3 Å². The summed E-state index contributed by atoms with van der Waals surface area (Å²) in [5, 5.41) is 20.8. The Balaban J connectivity index is 2.90. The van der Waals surface area contributed by atoms with Crippen LogP contribution in [0.2, 0.25) is 0 Å². The Morgan fingerprint density at radius 3 is 2.47 bits per heavy atom. The van der Waals surface area contributed by atoms with Gasteiger partial charge in [0.1, 0.15) is 11.4 Å². The van der Waals surface area contributed by atoms with E-state index in [1.54, 1.807) is 0 Å². The maximum atomic E-state index is 12.8. The van der Waals surface area contributed by atoms with E-state index in [0.717, 1.165) is 0 Å². The van der Waals surface area contributed by atoms with Crippen LogP contribution in [-0.4, -0.2) is 29.3 Å². The van der Waals surface area contributed by atoms with E-state index in [-0.39, 0.29) is 6.61 Å². The molecule has 94 valence electrons. The summed E-state index contributed by atoms with van der Waals surface area (Å²) in [5.74, 6) is -1.45. The first-order chi connectivity index (χ1) is 8.00. The molecular weight excluding hydrogens is 225 g/mol. The summed E-state index contributed by atoms with van der Waals surface area (Å²) in [6.45, 7) is 1.88. The van der Waals surface area contributed by atoms with Crippen LogP contribution in [0.1, 0.15) is 18.9 Å². The molecule has 0 aliphatic rings. The van der Waals surface area contributed by atoms with Gasteiger partial charge in [-0.05, 0) is 37.6 Å². The lowest BCUT2D eigenvalue weighted by atomic mass is 9.92. The standard InChI is InChI=1S/C12H16FNO3/c1-12(11(16)17,14-7-2-8-15)9-3-5-10(13)6-4-9/h3-6,14-15H,2,7-8H2,1H3,(H,16,17). The third-order valence-electron chi connectivity index (χ3n) is 2.66. The average Bonchev–Trinajstić information content (AvgIpc) is 2.29. The number of carboxylic acids is 1. The molecule has 0 saturated heterocycles. The maximum absolute atomic E-state index is 12.8. The molecule has 4 nitrogen and oxygen atoms in total. The summed E-state index contributed by atoms with van der Waals surface area (Å²) >= 11 is 0. The highest BCUT2D eigenvalue weighted by atomic mass is 19.1. The molecule has 0 amide bonds. The second-order valence-electron chi connectivity index (χ2n) is 3.94. The zero-order valence-corrected chi connectivity index (χ0v) is 9.61. The average molecular weight is 241 g/mol. The Hall–Kier alpha value is -1.46. The van der Waals surface area contributed by atoms with Crippen molar-refractivity contribution in [3.05, 3.63) is 35.6 Å². The summed E-state index contributed by atoms with van der Waals surface area (Å²) < 4.78 is 12.8. The molecule has 3 N–H and O–H groups in total. The van der Waals surface area contributed by atoms with Gasteiger partial charge in [0.25, 0.3) is 0 Å². The Morgan fingerprint density at radius 2 is 2.00 bits per heavy atom. The van der Waals surface area contributed by atoms with Crippen molar-refractivity contribution in [2.75, 3.05) is 13.2 Å². The molecule has 0 spiro atoms. The molecule has 1 atom stereocenters. The van der Waals surface area contributed by atoms with E-state index >= 15 is 0 Å². The van der Waals surface area contributed by atoms with Gasteiger partial charge in [-0.15, -0.1) is 0 Å². The van der Waals surface area contributed by atoms with Crippen molar-refractivity contribution < 1.29 is 19.4 Å². The quantitative estimate of drug-likeness (QED) is 0.652. The predicted molar refractivity (Wildman–Crippen MR) is 61.1 cm³/mol. The predicted octanol–water partition coefficient (Wildman–Crippen LogP) is 1.10. The molecule has 0 bridgehead atoms. The fraction of sp³-hybridized carbons (Fsp3) is 0.417. The fourth-order valence-corrected chi connectivity index (χ4v) is 1.50. The van der Waals surface area contributed by atoms with Crippen molar-refractivity contribution in [3.8, 4) is 0 Å². The summed E-state index contributed by atoms with van der Waals surface area (Å²) in [6, 6.07) is 5.33. The molecule has 0 radical (unpaired) electrons. The lowest BCUT2D eigenvalue weighted by molar-refractivity contribution is -0.144. The van der Waals surface area contributed by atoms with Gasteiger partial charge in [0.2, 0.25) is 0 Å². The van der Waals surface area contributed by atoms with E-state index in [9.17, 15) is 14.3 Å². The van der Waals surface area contributed by atoms with Crippen LogP contribution in [0.3, 0.4) is 0 Å². The smallest absolute Gasteiger partial charge is 0.328 e. The highest BCUT2D eigenvalue weighted by molar-refractivity contribution is 5.80. The number of halogens is 1. The van der Waals surface area contributed by atoms with Crippen molar-refractivity contribution >= 4 is 5.97 Å². The monoisotopic (exact) mass is 241 g/mol. The number of benzene rings is 1. The minimum Gasteiger partial charge on any atom is -0.480 e. The fourth-order valence-electron chi connectivity index (χ4n) is 1.50. The van der Waals surface area contributed by atoms with Crippen LogP contribution in [0.4, 0.5) is 4.39 Å². The van der Waals surface area contributed by atoms with Crippen LogP contribution in [0, 0.1) is 5.82 Å². The first-order valence-electron chi connectivity index (χ1n) is 5.36. The number of hydrogen-bond donors (Lipinski definition) is 3. The molecule has 1 aromatic carbocycles. The highest BCUT2D eigenvalue weighted by Crippen LogP contribution is 2.21. The van der Waals surface area contributed by atoms with Crippen LogP contribution in [0.5, 0.6) is 0 Å². The third kappa shape index (κ3) is 3.25. The van der Waals surface area contributed by atoms with Crippen molar-refractivity contribution in [1.82, 2.24) is 5.32 Å². The molecule has 0 heterocycles. The minimum absolute atomic E-state index is 0.00782. The molecule has 5 heteroatoms. The molecule has 1 rings (SSSR count). The van der Waals surface area contributed by atoms with E-state index in [1.807, 2.05) is 0 Å². The van der Waals surface area contributed by atoms with Gasteiger partial charge in [-0.2, -0.15) is 0 Å². The zero-order chi connectivity index (χ0) is 12.9. The number of carboxylic acid groups (broad SMARTS) is 1.